The van der Waals surface area contributed by atoms with E-state index < -0.39 is 0 Å². The molecule has 0 saturated carbocycles. The summed E-state index contributed by atoms with van der Waals surface area (Å²) < 4.78 is 12.3. The summed E-state index contributed by atoms with van der Waals surface area (Å²) in [6.07, 6.45) is 1.80. The van der Waals surface area contributed by atoms with Crippen LogP contribution in [0.25, 0.3) is 0 Å². The van der Waals surface area contributed by atoms with Crippen molar-refractivity contribution >= 4 is 0 Å². The number of benzene rings is 3. The average molecular weight is 347 g/mol. The molecule has 0 bridgehead atoms. The Balaban J connectivity index is 1.77. The molecule has 3 rings (SSSR count). The number of ether oxygens (including phenoxy) is 2. The van der Waals surface area contributed by atoms with Crippen LogP contribution in [0, 0.1) is 0 Å². The highest BCUT2D eigenvalue weighted by Crippen LogP contribution is 2.33. The Kier molecular flexibility index (Phi) is 6.68. The second kappa shape index (κ2) is 9.64. The van der Waals surface area contributed by atoms with Crippen LogP contribution in [0.5, 0.6) is 11.5 Å². The molecule has 2 N–H and O–H groups in total. The van der Waals surface area contributed by atoms with Gasteiger partial charge in [0.15, 0.2) is 11.5 Å². The van der Waals surface area contributed by atoms with Crippen molar-refractivity contribution in [1.29, 1.82) is 0 Å². The lowest BCUT2D eigenvalue weighted by atomic mass is 10.1. The zero-order valence-corrected chi connectivity index (χ0v) is 14.9. The molecule has 0 fully saturated rings. The van der Waals surface area contributed by atoms with Crippen LogP contribution in [-0.4, -0.2) is 6.54 Å². The second-order valence-corrected chi connectivity index (χ2v) is 6.19. The monoisotopic (exact) mass is 347 g/mol. The lowest BCUT2D eigenvalue weighted by Crippen LogP contribution is -2.05. The van der Waals surface area contributed by atoms with Gasteiger partial charge in [-0.1, -0.05) is 72.8 Å². The van der Waals surface area contributed by atoms with Gasteiger partial charge in [-0.05, 0) is 42.1 Å². The number of aryl methyl sites for hydroxylation is 1. The van der Waals surface area contributed by atoms with E-state index in [0.29, 0.717) is 19.8 Å². The fraction of sp³-hybridized carbons (Fsp3) is 0.217. The van der Waals surface area contributed by atoms with E-state index in [1.54, 1.807) is 0 Å². The molecule has 0 aliphatic heterocycles. The third-order valence-electron chi connectivity index (χ3n) is 4.17. The Labute approximate surface area is 155 Å². The van der Waals surface area contributed by atoms with Crippen LogP contribution < -0.4 is 15.2 Å². The van der Waals surface area contributed by atoms with Crippen LogP contribution in [0.4, 0.5) is 0 Å². The smallest absolute Gasteiger partial charge is 0.164 e. The maximum absolute atomic E-state index is 6.17. The maximum atomic E-state index is 6.17. The van der Waals surface area contributed by atoms with Gasteiger partial charge in [-0.3, -0.25) is 0 Å². The Morgan fingerprint density at radius 1 is 0.654 bits per heavy atom. The van der Waals surface area contributed by atoms with Gasteiger partial charge in [0.05, 0.1) is 0 Å². The standard InChI is InChI=1S/C23H25NO2/c24-16-8-14-21-13-7-15-22(25-17-19-9-3-1-4-10-19)23(21)26-18-20-11-5-2-6-12-20/h1-7,9-13,15H,8,14,16-18,24H2. The van der Waals surface area contributed by atoms with E-state index >= 15 is 0 Å². The van der Waals surface area contributed by atoms with E-state index in [9.17, 15) is 0 Å². The van der Waals surface area contributed by atoms with Crippen LogP contribution in [0.2, 0.25) is 0 Å². The minimum absolute atomic E-state index is 0.516. The molecule has 0 amide bonds. The predicted octanol–water partition coefficient (Wildman–Crippen LogP) is 4.74. The molecule has 0 saturated heterocycles. The van der Waals surface area contributed by atoms with Crippen molar-refractivity contribution in [3.05, 3.63) is 95.6 Å². The Morgan fingerprint density at radius 2 is 1.27 bits per heavy atom. The van der Waals surface area contributed by atoms with Gasteiger partial charge in [-0.25, -0.2) is 0 Å². The van der Waals surface area contributed by atoms with E-state index in [0.717, 1.165) is 41.0 Å². The van der Waals surface area contributed by atoms with Crippen molar-refractivity contribution < 1.29 is 9.47 Å². The highest BCUT2D eigenvalue weighted by atomic mass is 16.5. The van der Waals surface area contributed by atoms with E-state index in [1.807, 2.05) is 48.5 Å². The summed E-state index contributed by atoms with van der Waals surface area (Å²) in [6, 6.07) is 26.4. The average Bonchev–Trinajstić information content (AvgIpc) is 2.71. The summed E-state index contributed by atoms with van der Waals surface area (Å²) >= 11 is 0. The molecule has 0 heterocycles. The van der Waals surface area contributed by atoms with Gasteiger partial charge in [0.1, 0.15) is 13.2 Å². The van der Waals surface area contributed by atoms with Crippen LogP contribution in [0.15, 0.2) is 78.9 Å². The van der Waals surface area contributed by atoms with Crippen LogP contribution in [0.1, 0.15) is 23.1 Å². The molecule has 26 heavy (non-hydrogen) atoms. The molecule has 0 radical (unpaired) electrons. The van der Waals surface area contributed by atoms with E-state index in [-0.39, 0.29) is 0 Å². The zero-order valence-electron chi connectivity index (χ0n) is 14.9. The fourth-order valence-electron chi connectivity index (χ4n) is 2.79. The molecule has 0 spiro atoms. The Morgan fingerprint density at radius 3 is 1.88 bits per heavy atom. The summed E-state index contributed by atoms with van der Waals surface area (Å²) in [5.74, 6) is 1.60. The number of para-hydroxylation sites is 1. The zero-order chi connectivity index (χ0) is 18.0. The number of nitrogens with two attached hydrogens (primary N) is 1. The fourth-order valence-corrected chi connectivity index (χ4v) is 2.79. The Bertz CT molecular complexity index is 788. The lowest BCUT2D eigenvalue weighted by Gasteiger charge is -2.17. The van der Waals surface area contributed by atoms with Gasteiger partial charge in [0.2, 0.25) is 0 Å². The van der Waals surface area contributed by atoms with Gasteiger partial charge in [-0.15, -0.1) is 0 Å². The van der Waals surface area contributed by atoms with Gasteiger partial charge < -0.3 is 15.2 Å². The topological polar surface area (TPSA) is 44.5 Å². The highest BCUT2D eigenvalue weighted by molar-refractivity contribution is 5.47. The summed E-state index contributed by atoms with van der Waals surface area (Å²) in [6.45, 7) is 1.69. The molecule has 3 heteroatoms. The highest BCUT2D eigenvalue weighted by Gasteiger charge is 2.12. The summed E-state index contributed by atoms with van der Waals surface area (Å²) in [4.78, 5) is 0. The molecular formula is C23H25NO2. The van der Waals surface area contributed by atoms with E-state index in [4.69, 9.17) is 15.2 Å². The van der Waals surface area contributed by atoms with Crippen molar-refractivity contribution in [1.82, 2.24) is 0 Å². The van der Waals surface area contributed by atoms with Gasteiger partial charge >= 0.3 is 0 Å². The molecule has 0 aromatic heterocycles. The normalized spacial score (nSPS) is 10.5. The SMILES string of the molecule is NCCCc1cccc(OCc2ccccc2)c1OCc1ccccc1. The lowest BCUT2D eigenvalue weighted by molar-refractivity contribution is 0.253. The summed E-state index contributed by atoms with van der Waals surface area (Å²) in [5, 5.41) is 0. The van der Waals surface area contributed by atoms with E-state index in [2.05, 4.69) is 30.3 Å². The number of hydrogen-bond donors (Lipinski definition) is 1. The van der Waals surface area contributed by atoms with Crippen molar-refractivity contribution in [2.75, 3.05) is 6.54 Å². The predicted molar refractivity (Wildman–Crippen MR) is 105 cm³/mol. The van der Waals surface area contributed by atoms with Crippen LogP contribution in [0.3, 0.4) is 0 Å². The first-order chi connectivity index (χ1) is 12.9. The first-order valence-corrected chi connectivity index (χ1v) is 9.02. The van der Waals surface area contributed by atoms with Crippen molar-refractivity contribution in [3.63, 3.8) is 0 Å². The van der Waals surface area contributed by atoms with Crippen molar-refractivity contribution in [2.45, 2.75) is 26.1 Å². The third kappa shape index (κ3) is 5.11. The largest absolute Gasteiger partial charge is 0.485 e. The van der Waals surface area contributed by atoms with Crippen LogP contribution >= 0.6 is 0 Å². The van der Waals surface area contributed by atoms with Gasteiger partial charge in [-0.2, -0.15) is 0 Å². The molecule has 0 aliphatic carbocycles. The van der Waals surface area contributed by atoms with Crippen LogP contribution in [-0.2, 0) is 19.6 Å². The molecule has 3 aromatic carbocycles. The van der Waals surface area contributed by atoms with E-state index in [1.165, 1.54) is 0 Å². The minimum Gasteiger partial charge on any atom is -0.485 e. The minimum atomic E-state index is 0.516. The van der Waals surface area contributed by atoms with Gasteiger partial charge in [0, 0.05) is 0 Å². The first kappa shape index (κ1) is 18.0. The molecule has 134 valence electrons. The number of hydrogen-bond acceptors (Lipinski definition) is 3. The molecule has 0 unspecified atom stereocenters. The molecule has 3 aromatic rings. The molecule has 0 aliphatic rings. The number of rotatable bonds is 9. The second-order valence-electron chi connectivity index (χ2n) is 6.19. The summed E-state index contributed by atoms with van der Waals surface area (Å²) in [7, 11) is 0. The van der Waals surface area contributed by atoms with Crippen molar-refractivity contribution in [3.8, 4) is 11.5 Å². The molecule has 0 atom stereocenters. The summed E-state index contributed by atoms with van der Waals surface area (Å²) in [5.41, 5.74) is 9.10. The van der Waals surface area contributed by atoms with Gasteiger partial charge in [0.25, 0.3) is 0 Å². The van der Waals surface area contributed by atoms with Crippen molar-refractivity contribution in [2.24, 2.45) is 5.73 Å². The molecular weight excluding hydrogens is 322 g/mol. The molecule has 3 nitrogen and oxygen atoms in total. The first-order valence-electron chi connectivity index (χ1n) is 9.02. The quantitative estimate of drug-likeness (QED) is 0.608. The third-order valence-corrected chi connectivity index (χ3v) is 4.17. The Hall–Kier alpha value is -2.78. The maximum Gasteiger partial charge on any atom is 0.164 e.